The first-order valence-corrected chi connectivity index (χ1v) is 6.36. The lowest BCUT2D eigenvalue weighted by Gasteiger charge is -2.31. The van der Waals surface area contributed by atoms with Crippen LogP contribution in [0.2, 0.25) is 0 Å². The van der Waals surface area contributed by atoms with E-state index in [9.17, 15) is 9.90 Å². The maximum absolute atomic E-state index is 12.3. The second-order valence-electron chi connectivity index (χ2n) is 5.09. The fraction of sp³-hybridized carbons (Fsp3) is 0.917. The number of likely N-dealkylation sites (tertiary alicyclic amines) is 1. The molecule has 0 aromatic rings. The zero-order valence-corrected chi connectivity index (χ0v) is 9.98. The minimum absolute atomic E-state index is 0.0504. The Labute approximate surface area is 97.0 Å². The molecule has 2 N–H and O–H groups in total. The lowest BCUT2D eigenvalue weighted by atomic mass is 9.97. The third-order valence-electron chi connectivity index (χ3n) is 4.00. The van der Waals surface area contributed by atoms with Gasteiger partial charge < -0.3 is 15.3 Å². The molecule has 3 unspecified atom stereocenters. The van der Waals surface area contributed by atoms with Crippen molar-refractivity contribution in [3.8, 4) is 0 Å². The Morgan fingerprint density at radius 3 is 2.94 bits per heavy atom. The molecule has 3 atom stereocenters. The molecule has 2 heterocycles. The van der Waals surface area contributed by atoms with E-state index >= 15 is 0 Å². The summed E-state index contributed by atoms with van der Waals surface area (Å²) in [4.78, 5) is 14.2. The quantitative estimate of drug-likeness (QED) is 0.708. The summed E-state index contributed by atoms with van der Waals surface area (Å²) in [6.07, 6.45) is 3.11. The van der Waals surface area contributed by atoms with Gasteiger partial charge in [-0.1, -0.05) is 6.92 Å². The number of amides is 1. The van der Waals surface area contributed by atoms with E-state index in [2.05, 4.69) is 12.2 Å². The van der Waals surface area contributed by atoms with Crippen LogP contribution >= 0.6 is 0 Å². The van der Waals surface area contributed by atoms with Crippen molar-refractivity contribution in [3.05, 3.63) is 0 Å². The molecule has 0 spiro atoms. The van der Waals surface area contributed by atoms with Gasteiger partial charge in [-0.05, 0) is 31.7 Å². The molecule has 0 radical (unpaired) electrons. The zero-order chi connectivity index (χ0) is 11.5. The number of hydrogen-bond donors (Lipinski definition) is 2. The lowest BCUT2D eigenvalue weighted by molar-refractivity contribution is -0.138. The minimum Gasteiger partial charge on any atom is -0.394 e. The van der Waals surface area contributed by atoms with Gasteiger partial charge in [0.25, 0.3) is 0 Å². The van der Waals surface area contributed by atoms with E-state index in [0.29, 0.717) is 5.92 Å². The summed E-state index contributed by atoms with van der Waals surface area (Å²) in [5.74, 6) is 0.814. The molecule has 2 saturated heterocycles. The van der Waals surface area contributed by atoms with Crippen molar-refractivity contribution >= 4 is 5.91 Å². The highest BCUT2D eigenvalue weighted by atomic mass is 16.3. The number of aliphatic hydroxyl groups is 1. The average Bonchev–Trinajstić information content (AvgIpc) is 2.70. The SMILES string of the molecule is CC1CCN(C(=O)C2CCCNC2)C1CO. The number of carbonyl (C=O) groups is 1. The summed E-state index contributed by atoms with van der Waals surface area (Å²) in [6.45, 7) is 4.88. The Bertz CT molecular complexity index is 251. The standard InChI is InChI=1S/C12H22N2O2/c1-9-4-6-14(11(9)8-15)12(16)10-3-2-5-13-7-10/h9-11,13,15H,2-8H2,1H3. The third kappa shape index (κ3) is 2.23. The van der Waals surface area contributed by atoms with Gasteiger partial charge in [0.05, 0.1) is 18.6 Å². The fourth-order valence-corrected chi connectivity index (χ4v) is 2.86. The number of carbonyl (C=O) groups excluding carboxylic acids is 1. The van der Waals surface area contributed by atoms with Gasteiger partial charge in [0.15, 0.2) is 0 Å². The highest BCUT2D eigenvalue weighted by Crippen LogP contribution is 2.26. The molecule has 0 saturated carbocycles. The van der Waals surface area contributed by atoms with E-state index in [1.807, 2.05) is 4.90 Å². The molecule has 0 aromatic carbocycles. The summed E-state index contributed by atoms with van der Waals surface area (Å²) in [5.41, 5.74) is 0. The lowest BCUT2D eigenvalue weighted by Crippen LogP contribution is -2.46. The molecule has 0 bridgehead atoms. The van der Waals surface area contributed by atoms with Gasteiger partial charge in [-0.3, -0.25) is 4.79 Å². The largest absolute Gasteiger partial charge is 0.394 e. The first-order valence-electron chi connectivity index (χ1n) is 6.36. The van der Waals surface area contributed by atoms with Crippen LogP contribution in [0.4, 0.5) is 0 Å². The highest BCUT2D eigenvalue weighted by Gasteiger charge is 2.36. The Morgan fingerprint density at radius 1 is 1.50 bits per heavy atom. The molecule has 0 aromatic heterocycles. The van der Waals surface area contributed by atoms with Crippen LogP contribution in [0, 0.1) is 11.8 Å². The van der Waals surface area contributed by atoms with E-state index in [1.54, 1.807) is 0 Å². The molecule has 16 heavy (non-hydrogen) atoms. The maximum atomic E-state index is 12.3. The fourth-order valence-electron chi connectivity index (χ4n) is 2.86. The van der Waals surface area contributed by atoms with E-state index in [4.69, 9.17) is 0 Å². The van der Waals surface area contributed by atoms with Crippen molar-refractivity contribution in [1.29, 1.82) is 0 Å². The van der Waals surface area contributed by atoms with Crippen LogP contribution in [0.3, 0.4) is 0 Å². The summed E-state index contributed by atoms with van der Waals surface area (Å²) in [6, 6.07) is 0.0504. The Hall–Kier alpha value is -0.610. The Kier molecular flexibility index (Phi) is 3.82. The number of nitrogens with zero attached hydrogens (tertiary/aromatic N) is 1. The molecule has 0 aliphatic carbocycles. The second kappa shape index (κ2) is 5.15. The van der Waals surface area contributed by atoms with Crippen LogP contribution in [0.5, 0.6) is 0 Å². The van der Waals surface area contributed by atoms with Crippen LogP contribution in [-0.4, -0.2) is 48.2 Å². The monoisotopic (exact) mass is 226 g/mol. The van der Waals surface area contributed by atoms with Crippen LogP contribution < -0.4 is 5.32 Å². The molecular formula is C12H22N2O2. The van der Waals surface area contributed by atoms with Crippen LogP contribution in [0.25, 0.3) is 0 Å². The van der Waals surface area contributed by atoms with Gasteiger partial charge in [-0.2, -0.15) is 0 Å². The Morgan fingerprint density at radius 2 is 2.31 bits per heavy atom. The van der Waals surface area contributed by atoms with Crippen LogP contribution in [-0.2, 0) is 4.79 Å². The average molecular weight is 226 g/mol. The predicted octanol–water partition coefficient (Wildman–Crippen LogP) is 0.215. The van der Waals surface area contributed by atoms with Crippen molar-refractivity contribution in [2.75, 3.05) is 26.2 Å². The zero-order valence-electron chi connectivity index (χ0n) is 9.98. The number of hydrogen-bond acceptors (Lipinski definition) is 3. The molecule has 92 valence electrons. The summed E-state index contributed by atoms with van der Waals surface area (Å²) < 4.78 is 0. The molecule has 2 aliphatic rings. The summed E-state index contributed by atoms with van der Waals surface area (Å²) >= 11 is 0. The van der Waals surface area contributed by atoms with E-state index in [0.717, 1.165) is 38.9 Å². The predicted molar refractivity (Wildman–Crippen MR) is 62.0 cm³/mol. The van der Waals surface area contributed by atoms with Crippen molar-refractivity contribution in [2.45, 2.75) is 32.2 Å². The molecule has 2 rings (SSSR count). The number of aliphatic hydroxyl groups excluding tert-OH is 1. The first-order chi connectivity index (χ1) is 7.74. The van der Waals surface area contributed by atoms with E-state index in [-0.39, 0.29) is 24.5 Å². The molecule has 2 fully saturated rings. The number of nitrogens with one attached hydrogen (secondary N) is 1. The summed E-state index contributed by atoms with van der Waals surface area (Å²) in [7, 11) is 0. The molecule has 2 aliphatic heterocycles. The summed E-state index contributed by atoms with van der Waals surface area (Å²) in [5, 5.41) is 12.6. The van der Waals surface area contributed by atoms with Gasteiger partial charge in [0.1, 0.15) is 0 Å². The van der Waals surface area contributed by atoms with E-state index in [1.165, 1.54) is 0 Å². The third-order valence-corrected chi connectivity index (χ3v) is 4.00. The van der Waals surface area contributed by atoms with Crippen molar-refractivity contribution in [1.82, 2.24) is 10.2 Å². The maximum Gasteiger partial charge on any atom is 0.227 e. The Balaban J connectivity index is 1.97. The first kappa shape index (κ1) is 11.9. The second-order valence-corrected chi connectivity index (χ2v) is 5.09. The molecule has 4 nitrogen and oxygen atoms in total. The van der Waals surface area contributed by atoms with Crippen LogP contribution in [0.15, 0.2) is 0 Å². The van der Waals surface area contributed by atoms with Crippen molar-refractivity contribution in [2.24, 2.45) is 11.8 Å². The topological polar surface area (TPSA) is 52.6 Å². The smallest absolute Gasteiger partial charge is 0.227 e. The highest BCUT2D eigenvalue weighted by molar-refractivity contribution is 5.79. The van der Waals surface area contributed by atoms with Gasteiger partial charge in [0, 0.05) is 13.1 Å². The number of piperidine rings is 1. The van der Waals surface area contributed by atoms with Crippen molar-refractivity contribution < 1.29 is 9.90 Å². The van der Waals surface area contributed by atoms with Crippen LogP contribution in [0.1, 0.15) is 26.2 Å². The van der Waals surface area contributed by atoms with Gasteiger partial charge in [-0.15, -0.1) is 0 Å². The minimum atomic E-state index is 0.0504. The molecule has 4 heteroatoms. The number of rotatable bonds is 2. The van der Waals surface area contributed by atoms with Crippen molar-refractivity contribution in [3.63, 3.8) is 0 Å². The van der Waals surface area contributed by atoms with Gasteiger partial charge >= 0.3 is 0 Å². The van der Waals surface area contributed by atoms with E-state index < -0.39 is 0 Å². The normalized spacial score (nSPS) is 35.4. The molecule has 1 amide bonds. The molecular weight excluding hydrogens is 204 g/mol. The van der Waals surface area contributed by atoms with Gasteiger partial charge in [-0.25, -0.2) is 0 Å². The van der Waals surface area contributed by atoms with Gasteiger partial charge in [0.2, 0.25) is 5.91 Å².